The van der Waals surface area contributed by atoms with Gasteiger partial charge in [0, 0.05) is 17.8 Å². The number of methoxy groups -OCH3 is 1. The minimum atomic E-state index is -0.783. The molecule has 0 radical (unpaired) electrons. The average molecular weight is 330 g/mol. The van der Waals surface area contributed by atoms with Gasteiger partial charge in [-0.1, -0.05) is 6.07 Å². The summed E-state index contributed by atoms with van der Waals surface area (Å²) in [4.78, 5) is 33.5. The molecule has 24 heavy (non-hydrogen) atoms. The monoisotopic (exact) mass is 330 g/mol. The van der Waals surface area contributed by atoms with E-state index < -0.39 is 17.0 Å². The van der Waals surface area contributed by atoms with Crippen LogP contribution in [0, 0.1) is 17.0 Å². The van der Waals surface area contributed by atoms with Crippen molar-refractivity contribution in [3.8, 4) is 5.75 Å². The first-order chi connectivity index (χ1) is 11.4. The molecule has 0 atom stereocenters. The van der Waals surface area contributed by atoms with Crippen LogP contribution >= 0.6 is 0 Å². The number of anilines is 1. The van der Waals surface area contributed by atoms with E-state index >= 15 is 0 Å². The Kier molecular flexibility index (Phi) is 5.10. The summed E-state index contributed by atoms with van der Waals surface area (Å²) >= 11 is 0. The van der Waals surface area contributed by atoms with Crippen molar-refractivity contribution in [2.24, 2.45) is 0 Å². The number of hydrogen-bond acceptors (Lipinski definition) is 6. The zero-order chi connectivity index (χ0) is 17.7. The van der Waals surface area contributed by atoms with Crippen LogP contribution < -0.4 is 10.1 Å². The van der Waals surface area contributed by atoms with Crippen molar-refractivity contribution in [3.63, 3.8) is 0 Å². The molecule has 1 amide bonds. The Bertz CT molecular complexity index is 786. The molecule has 2 rings (SSSR count). The van der Waals surface area contributed by atoms with Gasteiger partial charge in [0.25, 0.3) is 5.69 Å². The highest BCUT2D eigenvalue weighted by molar-refractivity contribution is 5.93. The summed E-state index contributed by atoms with van der Waals surface area (Å²) in [7, 11) is 1.26. The zero-order valence-corrected chi connectivity index (χ0v) is 12.9. The van der Waals surface area contributed by atoms with Crippen LogP contribution in [0.4, 0.5) is 16.2 Å². The van der Waals surface area contributed by atoms with Gasteiger partial charge >= 0.3 is 12.1 Å². The summed E-state index contributed by atoms with van der Waals surface area (Å²) < 4.78 is 9.67. The van der Waals surface area contributed by atoms with E-state index in [1.807, 2.05) is 0 Å². The van der Waals surface area contributed by atoms with Crippen molar-refractivity contribution in [3.05, 3.63) is 63.7 Å². The highest BCUT2D eigenvalue weighted by Gasteiger charge is 2.12. The van der Waals surface area contributed by atoms with Crippen LogP contribution in [0.2, 0.25) is 0 Å². The summed E-state index contributed by atoms with van der Waals surface area (Å²) in [6.07, 6.45) is -0.783. The van der Waals surface area contributed by atoms with Gasteiger partial charge in [0.05, 0.1) is 17.6 Å². The van der Waals surface area contributed by atoms with Crippen molar-refractivity contribution in [2.45, 2.75) is 6.92 Å². The largest absolute Gasteiger partial charge is 0.465 e. The minimum absolute atomic E-state index is 0.107. The highest BCUT2D eigenvalue weighted by atomic mass is 16.6. The van der Waals surface area contributed by atoms with Gasteiger partial charge in [0.15, 0.2) is 0 Å². The molecule has 0 fully saturated rings. The van der Waals surface area contributed by atoms with Gasteiger partial charge in [0.1, 0.15) is 5.75 Å². The summed E-state index contributed by atoms with van der Waals surface area (Å²) in [5.74, 6) is -0.373. The maximum atomic E-state index is 11.9. The molecule has 8 nitrogen and oxygen atoms in total. The number of nitro benzene ring substituents is 1. The molecule has 0 spiro atoms. The molecule has 0 saturated heterocycles. The number of benzene rings is 2. The van der Waals surface area contributed by atoms with Crippen molar-refractivity contribution < 1.29 is 24.0 Å². The standard InChI is InChI=1S/C16H14N2O6/c1-10-3-4-11(15(19)23-2)9-14(10)17-16(20)24-13-7-5-12(6-8-13)18(21)22/h3-9H,1-2H3,(H,17,20). The van der Waals surface area contributed by atoms with E-state index in [0.29, 0.717) is 5.69 Å². The first kappa shape index (κ1) is 16.9. The third-order valence-electron chi connectivity index (χ3n) is 3.15. The number of nitro groups is 1. The number of non-ortho nitro benzene ring substituents is 1. The van der Waals surface area contributed by atoms with Crippen LogP contribution in [-0.4, -0.2) is 24.1 Å². The van der Waals surface area contributed by atoms with E-state index in [4.69, 9.17) is 4.74 Å². The third kappa shape index (κ3) is 4.07. The van der Waals surface area contributed by atoms with E-state index in [1.54, 1.807) is 19.1 Å². The van der Waals surface area contributed by atoms with E-state index in [2.05, 4.69) is 10.1 Å². The maximum Gasteiger partial charge on any atom is 0.417 e. The number of carbonyl (C=O) groups is 2. The van der Waals surface area contributed by atoms with Crippen molar-refractivity contribution in [2.75, 3.05) is 12.4 Å². The fraction of sp³-hybridized carbons (Fsp3) is 0.125. The van der Waals surface area contributed by atoms with Crippen LogP contribution in [0.3, 0.4) is 0 Å². The Hall–Kier alpha value is -3.42. The topological polar surface area (TPSA) is 108 Å². The fourth-order valence-electron chi connectivity index (χ4n) is 1.88. The Morgan fingerprint density at radius 2 is 1.79 bits per heavy atom. The number of nitrogens with zero attached hydrogens (tertiary/aromatic N) is 1. The molecule has 8 heteroatoms. The van der Waals surface area contributed by atoms with Crippen LogP contribution in [0.15, 0.2) is 42.5 Å². The number of carbonyl (C=O) groups excluding carboxylic acids is 2. The molecule has 1 N–H and O–H groups in total. The van der Waals surface area contributed by atoms with E-state index in [-0.39, 0.29) is 17.0 Å². The number of aryl methyl sites for hydroxylation is 1. The summed E-state index contributed by atoms with van der Waals surface area (Å²) in [5.41, 5.74) is 1.30. The SMILES string of the molecule is COC(=O)c1ccc(C)c(NC(=O)Oc2ccc([N+](=O)[O-])cc2)c1. The first-order valence-electron chi connectivity index (χ1n) is 6.83. The van der Waals surface area contributed by atoms with Crippen LogP contribution in [0.5, 0.6) is 5.75 Å². The lowest BCUT2D eigenvalue weighted by Crippen LogP contribution is -2.18. The van der Waals surface area contributed by atoms with E-state index in [1.165, 1.54) is 37.4 Å². The highest BCUT2D eigenvalue weighted by Crippen LogP contribution is 2.20. The number of rotatable bonds is 4. The molecule has 0 heterocycles. The van der Waals surface area contributed by atoms with Gasteiger partial charge in [-0.2, -0.15) is 0 Å². The molecule has 0 unspecified atom stereocenters. The molecule has 124 valence electrons. The number of ether oxygens (including phenoxy) is 2. The predicted molar refractivity (Wildman–Crippen MR) is 85.3 cm³/mol. The third-order valence-corrected chi connectivity index (χ3v) is 3.15. The molecule has 2 aromatic carbocycles. The lowest BCUT2D eigenvalue weighted by Gasteiger charge is -2.10. The Morgan fingerprint density at radius 1 is 1.12 bits per heavy atom. The molecule has 2 aromatic rings. The predicted octanol–water partition coefficient (Wildman–Crippen LogP) is 3.30. The average Bonchev–Trinajstić information content (AvgIpc) is 2.56. The minimum Gasteiger partial charge on any atom is -0.465 e. The molecular weight excluding hydrogens is 316 g/mol. The van der Waals surface area contributed by atoms with E-state index in [9.17, 15) is 19.7 Å². The normalized spacial score (nSPS) is 9.92. The molecule has 0 aromatic heterocycles. The van der Waals surface area contributed by atoms with Gasteiger partial charge in [-0.15, -0.1) is 0 Å². The van der Waals surface area contributed by atoms with Gasteiger partial charge in [0.2, 0.25) is 0 Å². The smallest absolute Gasteiger partial charge is 0.417 e. The van der Waals surface area contributed by atoms with Gasteiger partial charge in [-0.3, -0.25) is 15.4 Å². The van der Waals surface area contributed by atoms with Gasteiger partial charge < -0.3 is 9.47 Å². The molecule has 0 bridgehead atoms. The molecular formula is C16H14N2O6. The Morgan fingerprint density at radius 3 is 2.38 bits per heavy atom. The van der Waals surface area contributed by atoms with Crippen molar-refractivity contribution in [1.82, 2.24) is 0 Å². The second-order valence-corrected chi connectivity index (χ2v) is 4.79. The molecule has 0 aliphatic rings. The second kappa shape index (κ2) is 7.23. The van der Waals surface area contributed by atoms with Crippen molar-refractivity contribution in [1.29, 1.82) is 0 Å². The van der Waals surface area contributed by atoms with Crippen LogP contribution in [-0.2, 0) is 4.74 Å². The maximum absolute atomic E-state index is 11.9. The van der Waals surface area contributed by atoms with Gasteiger partial charge in [-0.05, 0) is 36.8 Å². The quantitative estimate of drug-likeness (QED) is 0.523. The van der Waals surface area contributed by atoms with Gasteiger partial charge in [-0.25, -0.2) is 9.59 Å². The first-order valence-corrected chi connectivity index (χ1v) is 6.83. The van der Waals surface area contributed by atoms with E-state index in [0.717, 1.165) is 5.56 Å². The number of amides is 1. The number of esters is 1. The molecule has 0 aliphatic carbocycles. The van der Waals surface area contributed by atoms with Crippen LogP contribution in [0.1, 0.15) is 15.9 Å². The number of hydrogen-bond donors (Lipinski definition) is 1. The fourth-order valence-corrected chi connectivity index (χ4v) is 1.88. The Balaban J connectivity index is 2.09. The molecule has 0 saturated carbocycles. The lowest BCUT2D eigenvalue weighted by molar-refractivity contribution is -0.384. The summed E-state index contributed by atoms with van der Waals surface area (Å²) in [5, 5.41) is 13.1. The summed E-state index contributed by atoms with van der Waals surface area (Å²) in [6.45, 7) is 1.75. The summed E-state index contributed by atoms with van der Waals surface area (Å²) in [6, 6.07) is 9.79. The Labute approximate surface area is 137 Å². The zero-order valence-electron chi connectivity index (χ0n) is 12.9. The second-order valence-electron chi connectivity index (χ2n) is 4.79. The molecule has 0 aliphatic heterocycles. The lowest BCUT2D eigenvalue weighted by atomic mass is 10.1. The van der Waals surface area contributed by atoms with Crippen LogP contribution in [0.25, 0.3) is 0 Å². The van der Waals surface area contributed by atoms with Crippen molar-refractivity contribution >= 4 is 23.4 Å². The number of nitrogens with one attached hydrogen (secondary N) is 1.